The molecule has 0 aliphatic rings. The van der Waals surface area contributed by atoms with Crippen molar-refractivity contribution in [2.75, 3.05) is 5.32 Å². The van der Waals surface area contributed by atoms with Gasteiger partial charge in [0, 0.05) is 5.54 Å². The van der Waals surface area contributed by atoms with E-state index in [-0.39, 0.29) is 5.54 Å². The van der Waals surface area contributed by atoms with Gasteiger partial charge in [-0.25, -0.2) is 15.0 Å². The van der Waals surface area contributed by atoms with Gasteiger partial charge >= 0.3 is 0 Å². The van der Waals surface area contributed by atoms with Crippen molar-refractivity contribution in [2.24, 2.45) is 0 Å². The highest BCUT2D eigenvalue weighted by Gasteiger charge is 2.19. The van der Waals surface area contributed by atoms with Crippen LogP contribution in [0.3, 0.4) is 0 Å². The lowest BCUT2D eigenvalue weighted by Gasteiger charge is -2.23. The predicted molar refractivity (Wildman–Crippen MR) is 115 cm³/mol. The standard InChI is InChI=1S/C23H21N5O/c1-23(2,3)27-21-16(22-26-18-9-5-7-11-20(18)29-22)12-15(13-24-21)28-14-25-17-8-4-6-10-19(17)28/h4-14H,1-3H3,(H,24,27). The van der Waals surface area contributed by atoms with E-state index in [0.717, 1.165) is 39.2 Å². The van der Waals surface area contributed by atoms with Crippen molar-refractivity contribution in [1.29, 1.82) is 0 Å². The zero-order chi connectivity index (χ0) is 20.0. The number of anilines is 1. The predicted octanol–water partition coefficient (Wildman–Crippen LogP) is 5.44. The van der Waals surface area contributed by atoms with Gasteiger partial charge in [-0.2, -0.15) is 0 Å². The highest BCUT2D eigenvalue weighted by molar-refractivity contribution is 5.81. The average Bonchev–Trinajstić information content (AvgIpc) is 3.31. The largest absolute Gasteiger partial charge is 0.436 e. The zero-order valence-corrected chi connectivity index (χ0v) is 16.5. The van der Waals surface area contributed by atoms with Crippen LogP contribution < -0.4 is 5.32 Å². The quantitative estimate of drug-likeness (QED) is 0.449. The molecule has 6 nitrogen and oxygen atoms in total. The van der Waals surface area contributed by atoms with Gasteiger partial charge in [0.1, 0.15) is 17.7 Å². The summed E-state index contributed by atoms with van der Waals surface area (Å²) in [6.45, 7) is 6.30. The van der Waals surface area contributed by atoms with E-state index in [2.05, 4.69) is 36.1 Å². The van der Waals surface area contributed by atoms with Crippen LogP contribution >= 0.6 is 0 Å². The number of para-hydroxylation sites is 4. The maximum absolute atomic E-state index is 6.05. The molecule has 1 N–H and O–H groups in total. The normalized spacial score (nSPS) is 12.0. The zero-order valence-electron chi connectivity index (χ0n) is 16.5. The first kappa shape index (κ1) is 17.4. The third-order valence-electron chi connectivity index (χ3n) is 4.62. The highest BCUT2D eigenvalue weighted by atomic mass is 16.3. The van der Waals surface area contributed by atoms with E-state index in [1.807, 2.05) is 71.7 Å². The number of benzene rings is 2. The van der Waals surface area contributed by atoms with Gasteiger partial charge in [0.05, 0.1) is 28.5 Å². The number of imidazole rings is 1. The van der Waals surface area contributed by atoms with Gasteiger partial charge in [0.25, 0.3) is 0 Å². The fourth-order valence-corrected chi connectivity index (χ4v) is 3.36. The fraction of sp³-hybridized carbons (Fsp3) is 0.174. The van der Waals surface area contributed by atoms with Gasteiger partial charge in [-0.1, -0.05) is 24.3 Å². The third kappa shape index (κ3) is 3.23. The van der Waals surface area contributed by atoms with E-state index in [1.165, 1.54) is 0 Å². The van der Waals surface area contributed by atoms with Crippen molar-refractivity contribution in [1.82, 2.24) is 19.5 Å². The molecule has 0 saturated carbocycles. The van der Waals surface area contributed by atoms with Crippen LogP contribution in [0.15, 0.2) is 71.5 Å². The second-order valence-corrected chi connectivity index (χ2v) is 8.05. The Kier molecular flexibility index (Phi) is 3.87. The Hall–Kier alpha value is -3.67. The van der Waals surface area contributed by atoms with Gasteiger partial charge < -0.3 is 9.73 Å². The van der Waals surface area contributed by atoms with Crippen LogP contribution in [0.25, 0.3) is 39.3 Å². The van der Waals surface area contributed by atoms with Crippen molar-refractivity contribution >= 4 is 28.0 Å². The first-order valence-corrected chi connectivity index (χ1v) is 9.55. The minimum absolute atomic E-state index is 0.156. The third-order valence-corrected chi connectivity index (χ3v) is 4.62. The van der Waals surface area contributed by atoms with Crippen LogP contribution in [-0.2, 0) is 0 Å². The maximum atomic E-state index is 6.05. The highest BCUT2D eigenvalue weighted by Crippen LogP contribution is 2.32. The second-order valence-electron chi connectivity index (χ2n) is 8.05. The lowest BCUT2D eigenvalue weighted by molar-refractivity contribution is 0.614. The number of pyridine rings is 1. The van der Waals surface area contributed by atoms with E-state index in [9.17, 15) is 0 Å². The van der Waals surface area contributed by atoms with Crippen molar-refractivity contribution in [3.63, 3.8) is 0 Å². The lowest BCUT2D eigenvalue weighted by Crippen LogP contribution is -2.27. The van der Waals surface area contributed by atoms with Crippen LogP contribution in [-0.4, -0.2) is 25.1 Å². The molecule has 3 aromatic heterocycles. The molecule has 0 aliphatic heterocycles. The molecular formula is C23H21N5O. The molecule has 0 amide bonds. The molecule has 29 heavy (non-hydrogen) atoms. The molecule has 0 bridgehead atoms. The number of hydrogen-bond acceptors (Lipinski definition) is 5. The molecule has 0 atom stereocenters. The molecule has 0 spiro atoms. The summed E-state index contributed by atoms with van der Waals surface area (Å²) in [5.41, 5.74) is 5.09. The van der Waals surface area contributed by atoms with E-state index < -0.39 is 0 Å². The second kappa shape index (κ2) is 6.44. The number of aromatic nitrogens is 4. The van der Waals surface area contributed by atoms with E-state index in [1.54, 1.807) is 0 Å². The Morgan fingerprint density at radius 3 is 2.48 bits per heavy atom. The first-order chi connectivity index (χ1) is 14.0. The summed E-state index contributed by atoms with van der Waals surface area (Å²) in [4.78, 5) is 13.9. The van der Waals surface area contributed by atoms with Crippen molar-refractivity contribution < 1.29 is 4.42 Å². The average molecular weight is 383 g/mol. The molecule has 2 aromatic carbocycles. The van der Waals surface area contributed by atoms with E-state index >= 15 is 0 Å². The molecule has 5 aromatic rings. The monoisotopic (exact) mass is 383 g/mol. The van der Waals surface area contributed by atoms with Crippen LogP contribution in [0.2, 0.25) is 0 Å². The maximum Gasteiger partial charge on any atom is 0.231 e. The minimum Gasteiger partial charge on any atom is -0.436 e. The van der Waals surface area contributed by atoms with Crippen LogP contribution in [0.4, 0.5) is 5.82 Å². The number of hydrogen-bond donors (Lipinski definition) is 1. The minimum atomic E-state index is -0.156. The van der Waals surface area contributed by atoms with Crippen molar-refractivity contribution in [2.45, 2.75) is 26.3 Å². The molecule has 0 unspecified atom stereocenters. The first-order valence-electron chi connectivity index (χ1n) is 9.55. The van der Waals surface area contributed by atoms with Gasteiger partial charge in [0.15, 0.2) is 5.58 Å². The number of nitrogens with one attached hydrogen (secondary N) is 1. The topological polar surface area (TPSA) is 68.8 Å². The molecule has 5 rings (SSSR count). The smallest absolute Gasteiger partial charge is 0.231 e. The Morgan fingerprint density at radius 1 is 0.931 bits per heavy atom. The Morgan fingerprint density at radius 2 is 1.69 bits per heavy atom. The summed E-state index contributed by atoms with van der Waals surface area (Å²) >= 11 is 0. The molecule has 0 aliphatic carbocycles. The Bertz CT molecular complexity index is 1290. The number of oxazole rings is 1. The summed E-state index contributed by atoms with van der Waals surface area (Å²) in [7, 11) is 0. The number of fused-ring (bicyclic) bond motifs is 2. The van der Waals surface area contributed by atoms with E-state index in [0.29, 0.717) is 5.89 Å². The molecule has 0 fully saturated rings. The van der Waals surface area contributed by atoms with Gasteiger partial charge in [0.2, 0.25) is 5.89 Å². The Labute approximate surface area is 168 Å². The van der Waals surface area contributed by atoms with Crippen molar-refractivity contribution in [3.05, 3.63) is 67.1 Å². The summed E-state index contributed by atoms with van der Waals surface area (Å²) in [5.74, 6) is 1.27. The number of nitrogens with zero attached hydrogens (tertiary/aromatic N) is 4. The van der Waals surface area contributed by atoms with E-state index in [4.69, 9.17) is 9.40 Å². The molecule has 144 valence electrons. The Balaban J connectivity index is 1.70. The van der Waals surface area contributed by atoms with Crippen molar-refractivity contribution in [3.8, 4) is 17.1 Å². The van der Waals surface area contributed by atoms with Crippen LogP contribution in [0.1, 0.15) is 20.8 Å². The molecule has 6 heteroatoms. The summed E-state index contributed by atoms with van der Waals surface area (Å²) < 4.78 is 8.08. The summed E-state index contributed by atoms with van der Waals surface area (Å²) in [6.07, 6.45) is 3.66. The molecule has 0 radical (unpaired) electrons. The van der Waals surface area contributed by atoms with Crippen LogP contribution in [0.5, 0.6) is 0 Å². The molecule has 0 saturated heterocycles. The molecular weight excluding hydrogens is 362 g/mol. The van der Waals surface area contributed by atoms with Gasteiger partial charge in [-0.15, -0.1) is 0 Å². The van der Waals surface area contributed by atoms with Crippen LogP contribution in [0, 0.1) is 0 Å². The summed E-state index contributed by atoms with van der Waals surface area (Å²) in [6, 6.07) is 17.8. The SMILES string of the molecule is CC(C)(C)Nc1ncc(-n2cnc3ccccc32)cc1-c1nc2ccccc2o1. The number of rotatable bonds is 3. The van der Waals surface area contributed by atoms with Gasteiger partial charge in [-0.3, -0.25) is 4.57 Å². The fourth-order valence-electron chi connectivity index (χ4n) is 3.36. The lowest BCUT2D eigenvalue weighted by atomic mass is 10.1. The van der Waals surface area contributed by atoms with Gasteiger partial charge in [-0.05, 0) is 51.1 Å². The molecule has 3 heterocycles. The summed E-state index contributed by atoms with van der Waals surface area (Å²) in [5, 5.41) is 3.47.